The third kappa shape index (κ3) is 4.34. The van der Waals surface area contributed by atoms with E-state index >= 15 is 0 Å². The average Bonchev–Trinajstić information content (AvgIpc) is 2.69. The number of rotatable bonds is 8. The topological polar surface area (TPSA) is 85.0 Å². The van der Waals surface area contributed by atoms with Gasteiger partial charge in [0.1, 0.15) is 11.8 Å². The van der Waals surface area contributed by atoms with E-state index in [0.29, 0.717) is 25.3 Å². The van der Waals surface area contributed by atoms with Crippen LogP contribution in [0.1, 0.15) is 84.5 Å². The van der Waals surface area contributed by atoms with E-state index in [1.54, 1.807) is 0 Å². The number of unbranched alkanes of at least 4 members (excludes halogenated alkanes) is 2. The molecule has 1 aliphatic heterocycles. The van der Waals surface area contributed by atoms with Crippen LogP contribution < -0.4 is 0 Å². The monoisotopic (exact) mass is 371 g/mol. The number of nitrogens with zero attached hydrogens (tertiary/aromatic N) is 3. The first-order valence-electron chi connectivity index (χ1n) is 10.7. The molecule has 2 aliphatic rings. The van der Waals surface area contributed by atoms with Crippen molar-refractivity contribution in [3.05, 3.63) is 0 Å². The first-order chi connectivity index (χ1) is 13.1. The fourth-order valence-corrected chi connectivity index (χ4v) is 4.97. The van der Waals surface area contributed by atoms with Gasteiger partial charge >= 0.3 is 0 Å². The van der Waals surface area contributed by atoms with Gasteiger partial charge in [-0.25, -0.2) is 0 Å². The summed E-state index contributed by atoms with van der Waals surface area (Å²) in [4.78, 5) is 27.7. The summed E-state index contributed by atoms with van der Waals surface area (Å²) in [6.07, 6.45) is 10.1. The molecule has 2 fully saturated rings. The van der Waals surface area contributed by atoms with Gasteiger partial charge < -0.3 is 0 Å². The molecule has 27 heavy (non-hydrogen) atoms. The van der Waals surface area contributed by atoms with E-state index in [1.807, 2.05) is 0 Å². The summed E-state index contributed by atoms with van der Waals surface area (Å²) < 4.78 is 0. The van der Waals surface area contributed by atoms with Crippen LogP contribution in [-0.4, -0.2) is 23.3 Å². The highest BCUT2D eigenvalue weighted by Gasteiger charge is 2.58. The van der Waals surface area contributed by atoms with Crippen LogP contribution in [-0.2, 0) is 9.59 Å². The number of likely N-dealkylation sites (tertiary alicyclic amines) is 1. The smallest absolute Gasteiger partial charge is 0.247 e. The molecule has 0 aromatic carbocycles. The lowest BCUT2D eigenvalue weighted by atomic mass is 9.59. The van der Waals surface area contributed by atoms with Crippen molar-refractivity contribution in [3.8, 4) is 12.1 Å². The fraction of sp³-hybridized carbons (Fsp3) is 0.818. The van der Waals surface area contributed by atoms with Gasteiger partial charge in [-0.05, 0) is 31.6 Å². The Morgan fingerprint density at radius 2 is 1.41 bits per heavy atom. The van der Waals surface area contributed by atoms with Crippen molar-refractivity contribution >= 4 is 11.8 Å². The highest BCUT2D eigenvalue weighted by molar-refractivity contribution is 6.03. The minimum atomic E-state index is -0.887. The Bertz CT molecular complexity index is 566. The van der Waals surface area contributed by atoms with Gasteiger partial charge in [0.05, 0.1) is 12.1 Å². The van der Waals surface area contributed by atoms with E-state index in [4.69, 9.17) is 0 Å². The van der Waals surface area contributed by atoms with Crippen molar-refractivity contribution in [3.63, 3.8) is 0 Å². The Hall–Kier alpha value is -1.88. The molecule has 0 spiro atoms. The summed E-state index contributed by atoms with van der Waals surface area (Å²) in [5.41, 5.74) is -0.827. The van der Waals surface area contributed by atoms with E-state index in [9.17, 15) is 20.1 Å². The molecule has 2 atom stereocenters. The van der Waals surface area contributed by atoms with Crippen LogP contribution in [0.3, 0.4) is 0 Å². The van der Waals surface area contributed by atoms with Gasteiger partial charge in [0, 0.05) is 12.0 Å². The van der Waals surface area contributed by atoms with Crippen molar-refractivity contribution in [2.75, 3.05) is 6.54 Å². The number of nitriles is 2. The highest BCUT2D eigenvalue weighted by atomic mass is 16.2. The third-order valence-corrected chi connectivity index (χ3v) is 6.59. The molecular formula is C22H33N3O2. The molecule has 0 bridgehead atoms. The van der Waals surface area contributed by atoms with Crippen LogP contribution in [0.25, 0.3) is 0 Å². The van der Waals surface area contributed by atoms with Crippen molar-refractivity contribution in [2.45, 2.75) is 84.5 Å². The number of hydrogen-bond donors (Lipinski definition) is 0. The maximum Gasteiger partial charge on any atom is 0.247 e. The Morgan fingerprint density at radius 3 is 1.81 bits per heavy atom. The zero-order chi connectivity index (χ0) is 19.9. The Labute approximate surface area is 163 Å². The SMILES string of the molecule is CCCCC1(CCCC)C(C#N)C(=O)N(CC2CCCCC2)C(=O)C1C#N. The molecule has 0 N–H and O–H groups in total. The first-order valence-corrected chi connectivity index (χ1v) is 10.7. The van der Waals surface area contributed by atoms with Crippen molar-refractivity contribution < 1.29 is 9.59 Å². The molecule has 5 heteroatoms. The standard InChI is InChI=1S/C22H33N3O2/c1-3-5-12-22(13-6-4-2)18(14-23)20(26)25(21(27)19(22)15-24)16-17-10-8-7-9-11-17/h17-19H,3-13,16H2,1-2H3. The van der Waals surface area contributed by atoms with Gasteiger partial charge in [0.2, 0.25) is 11.8 Å². The molecule has 2 unspecified atom stereocenters. The zero-order valence-electron chi connectivity index (χ0n) is 16.9. The van der Waals surface area contributed by atoms with E-state index < -0.39 is 17.3 Å². The molecule has 1 aliphatic carbocycles. The van der Waals surface area contributed by atoms with E-state index in [2.05, 4.69) is 26.0 Å². The summed E-state index contributed by atoms with van der Waals surface area (Å²) in [7, 11) is 0. The quantitative estimate of drug-likeness (QED) is 0.584. The Morgan fingerprint density at radius 1 is 0.926 bits per heavy atom. The number of piperidine rings is 1. The second-order valence-corrected chi connectivity index (χ2v) is 8.36. The predicted molar refractivity (Wildman–Crippen MR) is 103 cm³/mol. The lowest BCUT2D eigenvalue weighted by Crippen LogP contribution is -2.60. The lowest BCUT2D eigenvalue weighted by molar-refractivity contribution is -0.163. The summed E-state index contributed by atoms with van der Waals surface area (Å²) >= 11 is 0. The molecule has 1 heterocycles. The van der Waals surface area contributed by atoms with Crippen molar-refractivity contribution in [1.29, 1.82) is 10.5 Å². The number of hydrogen-bond acceptors (Lipinski definition) is 4. The van der Waals surface area contributed by atoms with E-state index in [-0.39, 0.29) is 11.8 Å². The van der Waals surface area contributed by atoms with Gasteiger partial charge in [-0.3, -0.25) is 14.5 Å². The maximum atomic E-state index is 13.2. The van der Waals surface area contributed by atoms with Gasteiger partial charge in [0.15, 0.2) is 0 Å². The highest BCUT2D eigenvalue weighted by Crippen LogP contribution is 2.49. The fourth-order valence-electron chi connectivity index (χ4n) is 4.97. The Kier molecular flexibility index (Phi) is 7.84. The van der Waals surface area contributed by atoms with Crippen LogP contribution in [0.5, 0.6) is 0 Å². The number of imide groups is 1. The van der Waals surface area contributed by atoms with Crippen LogP contribution in [0.4, 0.5) is 0 Å². The summed E-state index contributed by atoms with van der Waals surface area (Å²) in [6.45, 7) is 4.49. The maximum absolute atomic E-state index is 13.2. The molecule has 5 nitrogen and oxygen atoms in total. The molecular weight excluding hydrogens is 338 g/mol. The number of carbonyl (C=O) groups is 2. The van der Waals surface area contributed by atoms with Crippen LogP contribution in [0, 0.1) is 45.8 Å². The molecule has 0 aromatic rings. The molecule has 2 rings (SSSR count). The number of amides is 2. The van der Waals surface area contributed by atoms with Crippen LogP contribution >= 0.6 is 0 Å². The van der Waals surface area contributed by atoms with Gasteiger partial charge in [0.25, 0.3) is 0 Å². The van der Waals surface area contributed by atoms with Crippen molar-refractivity contribution in [1.82, 2.24) is 4.90 Å². The largest absolute Gasteiger partial charge is 0.280 e. The van der Waals surface area contributed by atoms with Crippen LogP contribution in [0.2, 0.25) is 0 Å². The third-order valence-electron chi connectivity index (χ3n) is 6.59. The summed E-state index contributed by atoms with van der Waals surface area (Å²) in [5.74, 6) is -2.18. The molecule has 2 amide bonds. The van der Waals surface area contributed by atoms with E-state index in [0.717, 1.165) is 51.4 Å². The Balaban J connectivity index is 2.36. The average molecular weight is 372 g/mol. The molecule has 0 radical (unpaired) electrons. The summed E-state index contributed by atoms with van der Waals surface area (Å²) in [6, 6.07) is 4.44. The zero-order valence-corrected chi connectivity index (χ0v) is 16.9. The predicted octanol–water partition coefficient (Wildman–Crippen LogP) is 4.58. The molecule has 1 saturated heterocycles. The molecule has 148 valence electrons. The van der Waals surface area contributed by atoms with Crippen LogP contribution in [0.15, 0.2) is 0 Å². The van der Waals surface area contributed by atoms with Gasteiger partial charge in [-0.1, -0.05) is 58.8 Å². The summed E-state index contributed by atoms with van der Waals surface area (Å²) in [5, 5.41) is 19.8. The second kappa shape index (κ2) is 9.88. The minimum absolute atomic E-state index is 0.309. The number of carbonyl (C=O) groups excluding carboxylic acids is 2. The lowest BCUT2D eigenvalue weighted by Gasteiger charge is -2.47. The first kappa shape index (κ1) is 21.4. The van der Waals surface area contributed by atoms with Gasteiger partial charge in [-0.2, -0.15) is 10.5 Å². The molecule has 1 saturated carbocycles. The van der Waals surface area contributed by atoms with E-state index in [1.165, 1.54) is 11.3 Å². The molecule has 0 aromatic heterocycles. The normalized spacial score (nSPS) is 25.9. The van der Waals surface area contributed by atoms with Gasteiger partial charge in [-0.15, -0.1) is 0 Å². The van der Waals surface area contributed by atoms with Crippen molar-refractivity contribution in [2.24, 2.45) is 23.2 Å². The minimum Gasteiger partial charge on any atom is -0.280 e. The second-order valence-electron chi connectivity index (χ2n) is 8.36.